The molecule has 1 saturated heterocycles. The number of sulfonamides is 1. The highest BCUT2D eigenvalue weighted by atomic mass is 35.5. The zero-order valence-corrected chi connectivity index (χ0v) is 13.6. The molecule has 10 heteroatoms. The number of carboxylic acid groups (broad SMARTS) is 1. The first-order valence-corrected chi connectivity index (χ1v) is 8.91. The minimum atomic E-state index is -3.76. The zero-order valence-electron chi connectivity index (χ0n) is 12.0. The van der Waals surface area contributed by atoms with Crippen LogP contribution in [0.5, 0.6) is 0 Å². The molecule has 2 rings (SSSR count). The Morgan fingerprint density at radius 1 is 1.52 bits per heavy atom. The molecule has 1 aromatic rings. The molecule has 1 aliphatic rings. The third-order valence-electron chi connectivity index (χ3n) is 3.63. The normalized spacial score (nSPS) is 24.9. The second-order valence-corrected chi connectivity index (χ2v) is 7.54. The van der Waals surface area contributed by atoms with Gasteiger partial charge in [0.25, 0.3) is 0 Å². The van der Waals surface area contributed by atoms with Crippen LogP contribution in [0, 0.1) is 5.82 Å². The lowest BCUT2D eigenvalue weighted by atomic mass is 10.00. The Bertz CT molecular complexity index is 716. The number of nitrogens with zero attached hydrogens (tertiary/aromatic N) is 1. The monoisotopic (exact) mass is 368 g/mol. The van der Waals surface area contributed by atoms with Crippen LogP contribution in [0.4, 0.5) is 13.6 Å². The lowest BCUT2D eigenvalue weighted by molar-refractivity contribution is 0.136. The first kappa shape index (κ1) is 17.9. The fourth-order valence-electron chi connectivity index (χ4n) is 2.66. The molecule has 3 atom stereocenters. The summed E-state index contributed by atoms with van der Waals surface area (Å²) in [5.74, 6) is -0.736. The SMILES string of the molecule is CS(=O)(=O)N[C@H]1[C@@H](F)CN(C(=O)O)[C@H]1Cc1cccc(Cl)c1F. The number of halogens is 3. The van der Waals surface area contributed by atoms with Gasteiger partial charge in [-0.2, -0.15) is 0 Å². The van der Waals surface area contributed by atoms with Gasteiger partial charge in [-0.1, -0.05) is 23.7 Å². The Morgan fingerprint density at radius 2 is 2.17 bits per heavy atom. The Morgan fingerprint density at radius 3 is 2.74 bits per heavy atom. The van der Waals surface area contributed by atoms with Gasteiger partial charge in [0, 0.05) is 0 Å². The van der Waals surface area contributed by atoms with E-state index in [1.54, 1.807) is 0 Å². The highest BCUT2D eigenvalue weighted by molar-refractivity contribution is 7.88. The summed E-state index contributed by atoms with van der Waals surface area (Å²) < 4.78 is 53.0. The summed E-state index contributed by atoms with van der Waals surface area (Å²) in [7, 11) is -3.76. The van der Waals surface area contributed by atoms with Crippen LogP contribution in [0.1, 0.15) is 5.56 Å². The van der Waals surface area contributed by atoms with Crippen LogP contribution in [0.15, 0.2) is 18.2 Å². The van der Waals surface area contributed by atoms with Crippen LogP contribution in [0.2, 0.25) is 5.02 Å². The summed E-state index contributed by atoms with van der Waals surface area (Å²) in [6.45, 7) is -0.491. The molecule has 128 valence electrons. The van der Waals surface area contributed by atoms with Crippen molar-refractivity contribution in [3.63, 3.8) is 0 Å². The molecule has 1 aliphatic heterocycles. The second kappa shape index (κ2) is 6.58. The van der Waals surface area contributed by atoms with Crippen LogP contribution in [0.3, 0.4) is 0 Å². The van der Waals surface area contributed by atoms with E-state index in [0.717, 1.165) is 11.2 Å². The number of rotatable bonds is 4. The van der Waals surface area contributed by atoms with Crippen molar-refractivity contribution in [3.8, 4) is 0 Å². The summed E-state index contributed by atoms with van der Waals surface area (Å²) in [6.07, 6.45) is -2.49. The van der Waals surface area contributed by atoms with Crippen LogP contribution >= 0.6 is 11.6 Å². The van der Waals surface area contributed by atoms with Gasteiger partial charge >= 0.3 is 6.09 Å². The molecule has 1 fully saturated rings. The van der Waals surface area contributed by atoms with Gasteiger partial charge in [-0.05, 0) is 18.1 Å². The molecule has 23 heavy (non-hydrogen) atoms. The van der Waals surface area contributed by atoms with Gasteiger partial charge in [0.2, 0.25) is 10.0 Å². The van der Waals surface area contributed by atoms with Gasteiger partial charge in [-0.15, -0.1) is 0 Å². The van der Waals surface area contributed by atoms with Gasteiger partial charge < -0.3 is 10.0 Å². The van der Waals surface area contributed by atoms with Crippen molar-refractivity contribution in [2.24, 2.45) is 0 Å². The average molecular weight is 369 g/mol. The van der Waals surface area contributed by atoms with E-state index in [9.17, 15) is 27.1 Å². The zero-order chi connectivity index (χ0) is 17.4. The molecule has 0 unspecified atom stereocenters. The highest BCUT2D eigenvalue weighted by Gasteiger charge is 2.46. The third-order valence-corrected chi connectivity index (χ3v) is 4.62. The maximum absolute atomic E-state index is 14.1. The molecule has 0 saturated carbocycles. The van der Waals surface area contributed by atoms with Crippen molar-refractivity contribution in [2.45, 2.75) is 24.7 Å². The third kappa shape index (κ3) is 4.10. The second-order valence-electron chi connectivity index (χ2n) is 5.35. The lowest BCUT2D eigenvalue weighted by Crippen LogP contribution is -2.49. The molecule has 0 spiro atoms. The predicted molar refractivity (Wildman–Crippen MR) is 80.3 cm³/mol. The quantitative estimate of drug-likeness (QED) is 0.845. The molecular formula is C13H15ClF2N2O4S. The van der Waals surface area contributed by atoms with Crippen LogP contribution < -0.4 is 4.72 Å². The first-order chi connectivity index (χ1) is 10.6. The summed E-state index contributed by atoms with van der Waals surface area (Å²) in [4.78, 5) is 12.0. The molecule has 1 heterocycles. The van der Waals surface area contributed by atoms with E-state index in [0.29, 0.717) is 0 Å². The minimum Gasteiger partial charge on any atom is -0.465 e. The summed E-state index contributed by atoms with van der Waals surface area (Å²) in [5, 5.41) is 9.04. The minimum absolute atomic E-state index is 0.0863. The summed E-state index contributed by atoms with van der Waals surface area (Å²) in [6, 6.07) is 1.83. The van der Waals surface area contributed by atoms with Crippen molar-refractivity contribution in [2.75, 3.05) is 12.8 Å². The maximum atomic E-state index is 14.1. The van der Waals surface area contributed by atoms with E-state index in [-0.39, 0.29) is 17.0 Å². The standard InChI is InChI=1S/C13H15ClF2N2O4S/c1-23(21,22)17-12-9(15)6-18(13(19)20)10(12)5-7-3-2-4-8(14)11(7)16/h2-4,9-10,12,17H,5-6H2,1H3,(H,19,20)/t9-,10-,12-/m0/s1. The van der Waals surface area contributed by atoms with Gasteiger partial charge in [-0.25, -0.2) is 26.7 Å². The fourth-order valence-corrected chi connectivity index (χ4v) is 3.65. The molecule has 0 aliphatic carbocycles. The van der Waals surface area contributed by atoms with E-state index < -0.39 is 46.7 Å². The van der Waals surface area contributed by atoms with Gasteiger partial charge in [-0.3, -0.25) is 0 Å². The average Bonchev–Trinajstić information content (AvgIpc) is 2.71. The maximum Gasteiger partial charge on any atom is 0.407 e. The first-order valence-electron chi connectivity index (χ1n) is 6.64. The lowest BCUT2D eigenvalue weighted by Gasteiger charge is -2.26. The predicted octanol–water partition coefficient (Wildman–Crippen LogP) is 1.64. The van der Waals surface area contributed by atoms with E-state index in [1.807, 2.05) is 0 Å². The van der Waals surface area contributed by atoms with Crippen LogP contribution in [-0.4, -0.2) is 55.6 Å². The van der Waals surface area contributed by atoms with Crippen LogP contribution in [-0.2, 0) is 16.4 Å². The molecule has 0 aromatic heterocycles. The molecule has 1 amide bonds. The Kier molecular flexibility index (Phi) is 5.12. The number of amides is 1. The number of nitrogens with one attached hydrogen (secondary N) is 1. The van der Waals surface area contributed by atoms with E-state index >= 15 is 0 Å². The Hall–Kier alpha value is -1.45. The Balaban J connectivity index is 2.35. The van der Waals surface area contributed by atoms with Crippen molar-refractivity contribution in [1.82, 2.24) is 9.62 Å². The number of benzene rings is 1. The summed E-state index contributed by atoms with van der Waals surface area (Å²) >= 11 is 5.68. The van der Waals surface area contributed by atoms with Gasteiger partial charge in [0.15, 0.2) is 0 Å². The molecule has 6 nitrogen and oxygen atoms in total. The number of hydrogen-bond donors (Lipinski definition) is 2. The van der Waals surface area contributed by atoms with Crippen molar-refractivity contribution < 1.29 is 27.1 Å². The van der Waals surface area contributed by atoms with Crippen molar-refractivity contribution >= 4 is 27.7 Å². The van der Waals surface area contributed by atoms with Gasteiger partial charge in [0.05, 0.1) is 29.9 Å². The van der Waals surface area contributed by atoms with Crippen molar-refractivity contribution in [3.05, 3.63) is 34.6 Å². The number of likely N-dealkylation sites (tertiary alicyclic amines) is 1. The topological polar surface area (TPSA) is 86.7 Å². The largest absolute Gasteiger partial charge is 0.465 e. The summed E-state index contributed by atoms with van der Waals surface area (Å²) in [5.41, 5.74) is 0.0863. The molecule has 0 radical (unpaired) electrons. The Labute approximate surface area is 137 Å². The van der Waals surface area contributed by atoms with E-state index in [2.05, 4.69) is 4.72 Å². The molecule has 0 bridgehead atoms. The molecular weight excluding hydrogens is 354 g/mol. The van der Waals surface area contributed by atoms with E-state index in [1.165, 1.54) is 18.2 Å². The highest BCUT2D eigenvalue weighted by Crippen LogP contribution is 2.27. The van der Waals surface area contributed by atoms with E-state index in [4.69, 9.17) is 11.6 Å². The number of carbonyl (C=O) groups is 1. The molecule has 2 N–H and O–H groups in total. The van der Waals surface area contributed by atoms with Crippen LogP contribution in [0.25, 0.3) is 0 Å². The molecule has 1 aromatic carbocycles. The smallest absolute Gasteiger partial charge is 0.407 e. The number of alkyl halides is 1. The van der Waals surface area contributed by atoms with Crippen molar-refractivity contribution in [1.29, 1.82) is 0 Å². The number of hydrogen-bond acceptors (Lipinski definition) is 3. The fraction of sp³-hybridized carbons (Fsp3) is 0.462. The van der Waals surface area contributed by atoms with Gasteiger partial charge in [0.1, 0.15) is 12.0 Å².